The molecule has 11 heteroatoms. The number of ether oxygens (including phenoxy) is 1. The van der Waals surface area contributed by atoms with E-state index >= 15 is 0 Å². The fourth-order valence-electron chi connectivity index (χ4n) is 4.72. The molecule has 0 radical (unpaired) electrons. The fraction of sp³-hybridized carbons (Fsp3) is 0.286. The Labute approximate surface area is 224 Å². The van der Waals surface area contributed by atoms with Gasteiger partial charge in [0.05, 0.1) is 12.3 Å². The van der Waals surface area contributed by atoms with E-state index in [1.54, 1.807) is 31.2 Å². The quantitative estimate of drug-likeness (QED) is 0.397. The van der Waals surface area contributed by atoms with Gasteiger partial charge in [0, 0.05) is 37.4 Å². The predicted molar refractivity (Wildman–Crippen MR) is 138 cm³/mol. The number of hydrogen-bond donors (Lipinski definition) is 1. The van der Waals surface area contributed by atoms with Crippen LogP contribution in [0.4, 0.5) is 18.0 Å². The van der Waals surface area contributed by atoms with E-state index in [-0.39, 0.29) is 31.4 Å². The van der Waals surface area contributed by atoms with Crippen molar-refractivity contribution >= 4 is 22.0 Å². The lowest BCUT2D eigenvalue weighted by Gasteiger charge is -2.43. The highest BCUT2D eigenvalue weighted by Crippen LogP contribution is 2.40. The fourth-order valence-corrected chi connectivity index (χ4v) is 5.23. The van der Waals surface area contributed by atoms with Crippen molar-refractivity contribution in [2.24, 2.45) is 0 Å². The van der Waals surface area contributed by atoms with Crippen molar-refractivity contribution in [3.63, 3.8) is 0 Å². The number of amides is 2. The minimum Gasteiger partial charge on any atom is -0.438 e. The molecule has 206 valence electrons. The Morgan fingerprint density at radius 2 is 1.67 bits per heavy atom. The molecule has 3 aromatic rings. The van der Waals surface area contributed by atoms with E-state index in [4.69, 9.17) is 4.74 Å². The monoisotopic (exact) mass is 560 g/mol. The van der Waals surface area contributed by atoms with Crippen LogP contribution in [-0.4, -0.2) is 38.1 Å². The summed E-state index contributed by atoms with van der Waals surface area (Å²) in [6, 6.07) is 15.2. The third kappa shape index (κ3) is 6.59. The van der Waals surface area contributed by atoms with Crippen molar-refractivity contribution in [1.82, 2.24) is 9.62 Å². The summed E-state index contributed by atoms with van der Waals surface area (Å²) >= 11 is 0. The number of nitrogens with zero attached hydrogens (tertiary/aromatic N) is 1. The van der Waals surface area contributed by atoms with Gasteiger partial charge in [0.2, 0.25) is 15.9 Å². The van der Waals surface area contributed by atoms with Gasteiger partial charge in [0.25, 0.3) is 0 Å². The highest BCUT2D eigenvalue weighted by atomic mass is 32.2. The van der Waals surface area contributed by atoms with E-state index < -0.39 is 51.1 Å². The smallest absolute Gasteiger partial charge is 0.411 e. The maximum atomic E-state index is 14.2. The normalized spacial score (nSPS) is 18.4. The van der Waals surface area contributed by atoms with Crippen LogP contribution < -0.4 is 4.72 Å². The number of carbonyl (C=O) groups is 2. The lowest BCUT2D eigenvalue weighted by Crippen LogP contribution is -2.49. The van der Waals surface area contributed by atoms with Gasteiger partial charge >= 0.3 is 6.09 Å². The molecule has 1 heterocycles. The summed E-state index contributed by atoms with van der Waals surface area (Å²) in [5.41, 5.74) is 0.770. The molecule has 2 amide bonds. The second-order valence-corrected chi connectivity index (χ2v) is 11.3. The topological polar surface area (TPSA) is 92.8 Å². The van der Waals surface area contributed by atoms with Crippen molar-refractivity contribution < 1.29 is 35.9 Å². The molecular formula is C28H27F3N2O5S. The lowest BCUT2D eigenvalue weighted by molar-refractivity contribution is -0.122. The van der Waals surface area contributed by atoms with Crippen LogP contribution in [-0.2, 0) is 25.2 Å². The molecule has 0 aliphatic carbocycles. The molecule has 1 aliphatic heterocycles. The Bertz CT molecular complexity index is 1480. The molecule has 0 saturated carbocycles. The Morgan fingerprint density at radius 3 is 2.26 bits per heavy atom. The van der Waals surface area contributed by atoms with Gasteiger partial charge in [0.1, 0.15) is 23.1 Å². The van der Waals surface area contributed by atoms with E-state index in [2.05, 4.69) is 0 Å². The van der Waals surface area contributed by atoms with Gasteiger partial charge in [-0.3, -0.25) is 9.52 Å². The van der Waals surface area contributed by atoms with Crippen molar-refractivity contribution in [2.75, 3.05) is 12.8 Å². The molecule has 1 aliphatic rings. The number of halogens is 3. The minimum atomic E-state index is -3.76. The third-order valence-corrected chi connectivity index (χ3v) is 7.40. The van der Waals surface area contributed by atoms with Gasteiger partial charge < -0.3 is 9.64 Å². The van der Waals surface area contributed by atoms with Crippen molar-refractivity contribution in [2.45, 2.75) is 37.8 Å². The van der Waals surface area contributed by atoms with Crippen LogP contribution >= 0.6 is 0 Å². The van der Waals surface area contributed by atoms with E-state index in [1.807, 2.05) is 4.72 Å². The van der Waals surface area contributed by atoms with Crippen LogP contribution in [0.25, 0.3) is 11.1 Å². The molecule has 4 rings (SSSR count). The number of nitrogens with one attached hydrogen (secondary N) is 1. The summed E-state index contributed by atoms with van der Waals surface area (Å²) in [4.78, 5) is 26.9. The van der Waals surface area contributed by atoms with Gasteiger partial charge in [-0.05, 0) is 47.9 Å². The number of carbonyl (C=O) groups excluding carboxylic acids is 2. The van der Waals surface area contributed by atoms with E-state index in [9.17, 15) is 31.2 Å². The zero-order valence-electron chi connectivity index (χ0n) is 21.3. The highest BCUT2D eigenvalue weighted by Gasteiger charge is 2.43. The summed E-state index contributed by atoms with van der Waals surface area (Å²) in [5, 5.41) is 0. The number of cyclic esters (lactones) is 1. The molecule has 39 heavy (non-hydrogen) atoms. The molecule has 1 saturated heterocycles. The summed E-state index contributed by atoms with van der Waals surface area (Å²) in [7, 11) is -3.76. The first-order valence-corrected chi connectivity index (χ1v) is 14.1. The van der Waals surface area contributed by atoms with E-state index in [1.165, 1.54) is 41.3 Å². The lowest BCUT2D eigenvalue weighted by atomic mass is 9.84. The van der Waals surface area contributed by atoms with Gasteiger partial charge in [-0.1, -0.05) is 36.4 Å². The molecular weight excluding hydrogens is 533 g/mol. The average molecular weight is 561 g/mol. The van der Waals surface area contributed by atoms with Crippen LogP contribution in [0.15, 0.2) is 66.7 Å². The van der Waals surface area contributed by atoms with Crippen molar-refractivity contribution in [3.05, 3.63) is 95.3 Å². The summed E-state index contributed by atoms with van der Waals surface area (Å²) in [6.45, 7) is 2.04. The van der Waals surface area contributed by atoms with Crippen LogP contribution in [0.3, 0.4) is 0 Å². The van der Waals surface area contributed by atoms with Gasteiger partial charge in [-0.25, -0.2) is 26.4 Å². The van der Waals surface area contributed by atoms with Crippen molar-refractivity contribution in [3.8, 4) is 11.1 Å². The zero-order chi connectivity index (χ0) is 28.4. The van der Waals surface area contributed by atoms with E-state index in [0.717, 1.165) is 17.9 Å². The predicted octanol–water partition coefficient (Wildman–Crippen LogP) is 5.43. The first-order valence-electron chi connectivity index (χ1n) is 12.2. The molecule has 3 aromatic carbocycles. The number of sulfonamides is 1. The van der Waals surface area contributed by atoms with Crippen LogP contribution in [0.2, 0.25) is 0 Å². The SMILES string of the molecule is C[C@@H](c1ccc(-c2ccc(F)cc2F)cc1)N1CCC(CCC(=O)NS(C)(=O)=O)(c2ccc(F)cc2)OC1=O. The molecule has 0 bridgehead atoms. The summed E-state index contributed by atoms with van der Waals surface area (Å²) < 4.78 is 71.7. The molecule has 0 spiro atoms. The Morgan fingerprint density at radius 1 is 1.03 bits per heavy atom. The zero-order valence-corrected chi connectivity index (χ0v) is 22.1. The molecule has 1 N–H and O–H groups in total. The first kappa shape index (κ1) is 28.2. The molecule has 7 nitrogen and oxygen atoms in total. The van der Waals surface area contributed by atoms with Gasteiger partial charge in [-0.15, -0.1) is 0 Å². The van der Waals surface area contributed by atoms with Gasteiger partial charge in [-0.2, -0.15) is 0 Å². The Hall–Kier alpha value is -3.86. The number of hydrogen-bond acceptors (Lipinski definition) is 5. The second-order valence-electron chi connectivity index (χ2n) is 9.53. The molecule has 2 atom stereocenters. The van der Waals surface area contributed by atoms with Crippen molar-refractivity contribution in [1.29, 1.82) is 0 Å². The third-order valence-electron chi connectivity index (χ3n) is 6.80. The summed E-state index contributed by atoms with van der Waals surface area (Å²) in [6.07, 6.45) is 0.221. The summed E-state index contributed by atoms with van der Waals surface area (Å²) in [5.74, 6) is -2.58. The number of benzene rings is 3. The van der Waals surface area contributed by atoms with Gasteiger partial charge in [0.15, 0.2) is 0 Å². The minimum absolute atomic E-state index is 0.00806. The van der Waals surface area contributed by atoms with Crippen LogP contribution in [0, 0.1) is 17.5 Å². The maximum Gasteiger partial charge on any atom is 0.411 e. The van der Waals surface area contributed by atoms with Crippen LogP contribution in [0.5, 0.6) is 0 Å². The number of rotatable bonds is 8. The highest BCUT2D eigenvalue weighted by molar-refractivity contribution is 7.89. The molecule has 0 aromatic heterocycles. The Balaban J connectivity index is 1.52. The Kier molecular flexibility index (Phi) is 8.01. The standard InChI is InChI=1S/C28H27F3N2O5S/c1-18(19-3-5-20(6-4-19)24-12-11-23(30)17-25(24)31)33-16-15-28(38-27(33)35,21-7-9-22(29)10-8-21)14-13-26(34)32-39(2,36)37/h3-12,17-18H,13-16H2,1-2H3,(H,32,34)/t18-,28?/m0/s1. The van der Waals surface area contributed by atoms with E-state index in [0.29, 0.717) is 11.1 Å². The molecule has 1 unspecified atom stereocenters. The first-order chi connectivity index (χ1) is 18.4. The molecule has 1 fully saturated rings. The second kappa shape index (κ2) is 11.1. The average Bonchev–Trinajstić information content (AvgIpc) is 2.87. The van der Waals surface area contributed by atoms with Crippen LogP contribution in [0.1, 0.15) is 43.4 Å². The maximum absolute atomic E-state index is 14.2. The largest absolute Gasteiger partial charge is 0.438 e.